The molecule has 12 heavy (non-hydrogen) atoms. The molecule has 4 N–H and O–H groups in total. The monoisotopic (exact) mass is 348 g/mol. The first-order chi connectivity index (χ1) is 4.00. The van der Waals surface area contributed by atoms with Crippen molar-refractivity contribution in [2.24, 2.45) is 0 Å². The van der Waals surface area contributed by atoms with Gasteiger partial charge < -0.3 is 47.4 Å². The van der Waals surface area contributed by atoms with E-state index < -0.39 is 18.1 Å². The Morgan fingerprint density at radius 2 is 0.750 bits per heavy atom. The van der Waals surface area contributed by atoms with Gasteiger partial charge in [0.2, 0.25) is 0 Å². The van der Waals surface area contributed by atoms with Crippen LogP contribution in [0.15, 0.2) is 0 Å². The molecule has 12 heteroatoms. The third-order valence-electron chi connectivity index (χ3n) is 0. The maximum atomic E-state index is 8.58. The van der Waals surface area contributed by atoms with Crippen molar-refractivity contribution in [3.05, 3.63) is 0 Å². The molecule has 0 aliphatic carbocycles. The van der Waals surface area contributed by atoms with Gasteiger partial charge in [-0.15, -0.1) is 0 Å². The Bertz CT molecular complexity index is 60.0. The van der Waals surface area contributed by atoms with Gasteiger partial charge in [0, 0.05) is 0 Å². The Morgan fingerprint density at radius 1 is 0.750 bits per heavy atom. The second kappa shape index (κ2) is 10.2. The summed E-state index contributed by atoms with van der Waals surface area (Å²) in [5.41, 5.74) is 0. The summed E-state index contributed by atoms with van der Waals surface area (Å²) in [5, 5.41) is 0. The zero-order valence-corrected chi connectivity index (χ0v) is 15.4. The molecule has 64 valence electrons. The van der Waals surface area contributed by atoms with Crippen molar-refractivity contribution >= 4 is 35.5 Å². The van der Waals surface area contributed by atoms with Gasteiger partial charge in [0.15, 0.2) is 0 Å². The summed E-state index contributed by atoms with van der Waals surface area (Å²) in [6.07, 6.45) is 0. The standard InChI is InChI=1S/Al.Cs.H4O4Si.O4Si/c;;2*1-5(2,3)4/h;;1-4H;/q+3;+1;;-4. The van der Waals surface area contributed by atoms with E-state index in [1.54, 1.807) is 0 Å². The molecular weight excluding hydrogens is 344 g/mol. The SMILES string of the molecule is O[Si](O)(O)O.[Al+3].[Cs+].[O-][Si]([O-])([O-])[O-]. The summed E-state index contributed by atoms with van der Waals surface area (Å²) < 4.78 is 0. The van der Waals surface area contributed by atoms with E-state index in [2.05, 4.69) is 0 Å². The van der Waals surface area contributed by atoms with Crippen LogP contribution in [0.3, 0.4) is 0 Å². The minimum absolute atomic E-state index is 0. The predicted octanol–water partition coefficient (Wildman–Crippen LogP) is -11.1. The average Bonchev–Trinajstić information content (AvgIpc) is 1.12. The second-order valence-corrected chi connectivity index (χ2v) is 3.30. The summed E-state index contributed by atoms with van der Waals surface area (Å²) in [6, 6.07) is 0. The van der Waals surface area contributed by atoms with Gasteiger partial charge >= 0.3 is 95.3 Å². The van der Waals surface area contributed by atoms with E-state index in [0.717, 1.165) is 0 Å². The number of hydrogen-bond donors (Lipinski definition) is 4. The molecule has 0 saturated heterocycles. The summed E-state index contributed by atoms with van der Waals surface area (Å²) in [7, 11) is -10.2. The maximum Gasteiger partial charge on any atom is 3.00 e. The largest absolute Gasteiger partial charge is 3.00 e. The first kappa shape index (κ1) is 24.1. The van der Waals surface area contributed by atoms with Gasteiger partial charge in [0.25, 0.3) is 0 Å². The van der Waals surface area contributed by atoms with Gasteiger partial charge in [-0.3, -0.25) is 0 Å². The van der Waals surface area contributed by atoms with Crippen molar-refractivity contribution in [2.45, 2.75) is 0 Å². The van der Waals surface area contributed by atoms with Crippen LogP contribution in [0.4, 0.5) is 0 Å². The molecule has 0 aromatic carbocycles. The van der Waals surface area contributed by atoms with Crippen molar-refractivity contribution in [1.82, 2.24) is 0 Å². The Balaban J connectivity index is -0.0000000457. The van der Waals surface area contributed by atoms with Crippen LogP contribution in [0.1, 0.15) is 0 Å². The normalized spacial score (nSPS) is 10.0. The first-order valence-corrected chi connectivity index (χ1v) is 5.13. The molecule has 0 aliphatic rings. The molecule has 0 aromatic heterocycles. The Kier molecular flexibility index (Phi) is 20.5. The molecular formula is H4AlCsO8Si2. The van der Waals surface area contributed by atoms with Gasteiger partial charge in [-0.05, 0) is 0 Å². The van der Waals surface area contributed by atoms with Crippen LogP contribution in [0, 0.1) is 0 Å². The van der Waals surface area contributed by atoms with Gasteiger partial charge in [0.1, 0.15) is 0 Å². The topological polar surface area (TPSA) is 173 Å². The zero-order chi connectivity index (χ0) is 9.00. The first-order valence-electron chi connectivity index (χ1n) is 1.71. The average molecular weight is 348 g/mol. The molecule has 0 spiro atoms. The van der Waals surface area contributed by atoms with Crippen LogP contribution in [-0.4, -0.2) is 54.6 Å². The molecule has 0 rings (SSSR count). The van der Waals surface area contributed by atoms with Crippen molar-refractivity contribution in [1.29, 1.82) is 0 Å². The molecule has 0 radical (unpaired) electrons. The summed E-state index contributed by atoms with van der Waals surface area (Å²) in [6.45, 7) is 0. The predicted molar refractivity (Wildman–Crippen MR) is 26.1 cm³/mol. The van der Waals surface area contributed by atoms with Crippen LogP contribution in [0.2, 0.25) is 0 Å². The van der Waals surface area contributed by atoms with Crippen LogP contribution >= 0.6 is 0 Å². The van der Waals surface area contributed by atoms with Crippen molar-refractivity contribution < 1.29 is 107 Å². The van der Waals surface area contributed by atoms with Crippen LogP contribution in [0.5, 0.6) is 0 Å². The minimum atomic E-state index is -5.61. The van der Waals surface area contributed by atoms with Gasteiger partial charge in [0.05, 0.1) is 0 Å². The van der Waals surface area contributed by atoms with Crippen LogP contribution in [-0.2, 0) is 0 Å². The van der Waals surface area contributed by atoms with E-state index in [9.17, 15) is 0 Å². The third-order valence-corrected chi connectivity index (χ3v) is 0. The molecule has 0 atom stereocenters. The molecule has 0 bridgehead atoms. The molecule has 0 heterocycles. The van der Waals surface area contributed by atoms with Crippen molar-refractivity contribution in [3.63, 3.8) is 0 Å². The van der Waals surface area contributed by atoms with Crippen molar-refractivity contribution in [3.8, 4) is 0 Å². The van der Waals surface area contributed by atoms with E-state index >= 15 is 0 Å². The smallest absolute Gasteiger partial charge is 0.894 e. The van der Waals surface area contributed by atoms with E-state index in [0.29, 0.717) is 0 Å². The molecule has 0 fully saturated rings. The molecule has 0 saturated carbocycles. The van der Waals surface area contributed by atoms with E-state index in [-0.39, 0.29) is 86.3 Å². The number of rotatable bonds is 0. The maximum absolute atomic E-state index is 8.58. The quantitative estimate of drug-likeness (QED) is 0.312. The number of hydrogen-bond acceptors (Lipinski definition) is 8. The Labute approximate surface area is 140 Å². The Morgan fingerprint density at radius 3 is 0.750 bits per heavy atom. The van der Waals surface area contributed by atoms with Gasteiger partial charge in [-0.2, -0.15) is 0 Å². The molecule has 8 nitrogen and oxygen atoms in total. The summed E-state index contributed by atoms with van der Waals surface area (Å²) in [4.78, 5) is 63.6. The molecule has 0 unspecified atom stereocenters. The summed E-state index contributed by atoms with van der Waals surface area (Å²) in [5.74, 6) is 0. The van der Waals surface area contributed by atoms with Crippen molar-refractivity contribution in [2.75, 3.05) is 0 Å². The fraction of sp³-hybridized carbons (Fsp3) is 0. The summed E-state index contributed by atoms with van der Waals surface area (Å²) >= 11 is 0. The van der Waals surface area contributed by atoms with Gasteiger partial charge in [-0.25, -0.2) is 0 Å². The van der Waals surface area contributed by atoms with Crippen LogP contribution in [0.25, 0.3) is 0 Å². The Hall–Kier alpha value is 2.70. The van der Waals surface area contributed by atoms with Crippen LogP contribution < -0.4 is 88.1 Å². The fourth-order valence-electron chi connectivity index (χ4n) is 0. The van der Waals surface area contributed by atoms with Gasteiger partial charge in [-0.1, -0.05) is 0 Å². The molecule has 0 aliphatic heterocycles. The zero-order valence-electron chi connectivity index (χ0n) is 6.00. The van der Waals surface area contributed by atoms with E-state index in [4.69, 9.17) is 38.4 Å². The molecule has 0 amide bonds. The van der Waals surface area contributed by atoms with E-state index in [1.165, 1.54) is 0 Å². The minimum Gasteiger partial charge on any atom is -0.894 e. The van der Waals surface area contributed by atoms with E-state index in [1.807, 2.05) is 0 Å². The second-order valence-electron chi connectivity index (χ2n) is 1.10. The fourth-order valence-corrected chi connectivity index (χ4v) is 0. The molecule has 0 aromatic rings. The third kappa shape index (κ3) is 239.